The third-order valence-electron chi connectivity index (χ3n) is 26.0. The van der Waals surface area contributed by atoms with E-state index in [0.717, 1.165) is 5.56 Å². The van der Waals surface area contributed by atoms with Gasteiger partial charge >= 0.3 is 5.97 Å². The highest BCUT2D eigenvalue weighted by atomic mass is 32.2. The molecule has 40 nitrogen and oxygen atoms in total. The monoisotopic (exact) mass is 2120 g/mol. The molecule has 0 spiro atoms. The average Bonchev–Trinajstić information content (AvgIpc) is 0.834. The Morgan fingerprint density at radius 2 is 0.507 bits per heavy atom. The zero-order chi connectivity index (χ0) is 112. The van der Waals surface area contributed by atoms with Gasteiger partial charge in [-0.15, -0.1) is 0 Å². The summed E-state index contributed by atoms with van der Waals surface area (Å²) >= 11 is 1.36. The standard InChI is InChI=1S/C109H170N18O22S/c1-22-66(17)89(124-88(131)57-111-94(133)77(47-60(5)6)113-93(132)75(110)53-70-35-29-26-30-36-70)106(145)123-87(59-129)105(144)118-83(54-71-37-31-27-32-38-71)99(138)115-78(48-61(7)8)97(136)116-82(52-65(15)16)102(141)126-90(67(18)23-2)107(146)120-79(49-62(9)10)96(135)112-76(45-46-150-21)95(134)114-81(51-64(13)14)101(140)125-91(68(19)24-3)108(147)121-80(50-63(11)12)98(137)117-84(56-73-41-43-74(130)44-42-73)100(139)122-86(58-128)104(143)119-85(55-72-39-33-28-34-40-72)103(142)127-92(109(148)149)69(20)25-4/h26-44,60-69,75-87,89-92,128-130H,22-25,45-59,110H2,1-21H3,(H,111,133)(H,112,135)(H,113,132)(H,114,134)(H,115,138)(H,116,136)(H,117,137)(H,118,144)(H,119,143)(H,120,146)(H,121,147)(H,122,139)(H,123,145)(H,124,131)(H,125,140)(H,126,141)(H,127,142)(H,148,149)/t66-,67-,68-,69-,75-,76-,77-,78-,79-,80-,81-,82-,83-,84-,85-,86-,87-,89-,90-,91-,92-/m0/s1. The van der Waals surface area contributed by atoms with Gasteiger partial charge in [-0.05, 0) is 157 Å². The van der Waals surface area contributed by atoms with E-state index in [4.69, 9.17) is 5.73 Å². The van der Waals surface area contributed by atoms with Crippen LogP contribution in [0.15, 0.2) is 115 Å². The second kappa shape index (κ2) is 66.8. The topological polar surface area (TPSA) is 619 Å². The Labute approximate surface area is 888 Å². The number of amides is 17. The number of aliphatic hydroxyl groups is 2. The summed E-state index contributed by atoms with van der Waals surface area (Å²) in [5.41, 5.74) is 8.58. The second-order valence-electron chi connectivity index (χ2n) is 41.8. The molecule has 21 atom stereocenters. The van der Waals surface area contributed by atoms with Crippen molar-refractivity contribution in [3.8, 4) is 5.75 Å². The fourth-order valence-electron chi connectivity index (χ4n) is 16.6. The number of carboxylic acid groups (broad SMARTS) is 1. The van der Waals surface area contributed by atoms with E-state index in [9.17, 15) is 97.1 Å². The summed E-state index contributed by atoms with van der Waals surface area (Å²) in [4.78, 5) is 259. The Balaban J connectivity index is 1.58. The van der Waals surface area contributed by atoms with Crippen LogP contribution in [-0.4, -0.2) is 261 Å². The normalized spacial score (nSPS) is 15.7. The molecule has 41 heteroatoms. The quantitative estimate of drug-likeness (QED) is 0.0295. The molecule has 0 fully saturated rings. The zero-order valence-electron chi connectivity index (χ0n) is 91.1. The molecule has 834 valence electrons. The molecule has 0 aliphatic carbocycles. The van der Waals surface area contributed by atoms with Crippen molar-refractivity contribution >= 4 is 118 Å². The number of carboxylic acids is 1. The number of aliphatic hydroxyl groups excluding tert-OH is 2. The number of benzene rings is 4. The van der Waals surface area contributed by atoms with Gasteiger partial charge in [0, 0.05) is 19.3 Å². The van der Waals surface area contributed by atoms with E-state index in [1.165, 1.54) is 36.0 Å². The van der Waals surface area contributed by atoms with Crippen LogP contribution in [0.4, 0.5) is 0 Å². The van der Waals surface area contributed by atoms with Crippen molar-refractivity contribution in [1.82, 2.24) is 90.4 Å². The minimum atomic E-state index is -1.76. The molecule has 0 unspecified atom stereocenters. The van der Waals surface area contributed by atoms with Gasteiger partial charge in [0.1, 0.15) is 102 Å². The van der Waals surface area contributed by atoms with Gasteiger partial charge in [0.25, 0.3) is 0 Å². The third-order valence-corrected chi connectivity index (χ3v) is 26.6. The molecule has 0 saturated carbocycles. The molecule has 0 radical (unpaired) electrons. The number of hydrogen-bond donors (Lipinski definition) is 22. The van der Waals surface area contributed by atoms with Crippen molar-refractivity contribution in [2.45, 2.75) is 337 Å². The lowest BCUT2D eigenvalue weighted by Gasteiger charge is -2.31. The first-order chi connectivity index (χ1) is 70.8. The van der Waals surface area contributed by atoms with Crippen molar-refractivity contribution in [2.75, 3.05) is 31.8 Å². The number of carbonyl (C=O) groups excluding carboxylic acids is 17. The van der Waals surface area contributed by atoms with Crippen LogP contribution in [0.5, 0.6) is 5.75 Å². The van der Waals surface area contributed by atoms with Crippen LogP contribution in [0, 0.1) is 59.2 Å². The lowest BCUT2D eigenvalue weighted by Crippen LogP contribution is -2.62. The van der Waals surface area contributed by atoms with Crippen molar-refractivity contribution in [1.29, 1.82) is 0 Å². The number of phenolic OH excluding ortho intramolecular Hbond substituents is 1. The first-order valence-corrected chi connectivity index (χ1v) is 53.9. The van der Waals surface area contributed by atoms with E-state index in [-0.39, 0.29) is 112 Å². The molecule has 0 aliphatic heterocycles. The highest BCUT2D eigenvalue weighted by Gasteiger charge is 2.42. The van der Waals surface area contributed by atoms with Gasteiger partial charge in [-0.3, -0.25) is 81.5 Å². The summed E-state index contributed by atoms with van der Waals surface area (Å²) in [7, 11) is 0. The van der Waals surface area contributed by atoms with Gasteiger partial charge in [-0.25, -0.2) is 4.79 Å². The van der Waals surface area contributed by atoms with Gasteiger partial charge in [0.15, 0.2) is 0 Å². The van der Waals surface area contributed by atoms with Crippen LogP contribution >= 0.6 is 11.8 Å². The second-order valence-corrected chi connectivity index (χ2v) is 42.8. The molecule has 4 aromatic carbocycles. The number of carbonyl (C=O) groups is 18. The van der Waals surface area contributed by atoms with Crippen LogP contribution in [0.2, 0.25) is 0 Å². The number of aromatic hydroxyl groups is 1. The molecule has 0 aromatic heterocycles. The minimum absolute atomic E-state index is 0.00792. The Bertz CT molecular complexity index is 4980. The molecule has 4 aromatic rings. The number of rotatable bonds is 68. The van der Waals surface area contributed by atoms with Crippen LogP contribution < -0.4 is 96.1 Å². The van der Waals surface area contributed by atoms with Crippen LogP contribution in [0.1, 0.15) is 231 Å². The Morgan fingerprint density at radius 1 is 0.273 bits per heavy atom. The maximum absolute atomic E-state index is 15.0. The lowest BCUT2D eigenvalue weighted by molar-refractivity contribution is -0.144. The van der Waals surface area contributed by atoms with E-state index in [1.807, 2.05) is 44.2 Å². The molecule has 0 heterocycles. The number of hydrogen-bond acceptors (Lipinski definition) is 23. The number of aliphatic carboxylic acids is 1. The summed E-state index contributed by atoms with van der Waals surface area (Å²) in [6.45, 7) is 32.7. The smallest absolute Gasteiger partial charge is 0.326 e. The van der Waals surface area contributed by atoms with Crippen molar-refractivity contribution < 1.29 is 107 Å². The Hall–Kier alpha value is -12.6. The van der Waals surface area contributed by atoms with Gasteiger partial charge in [0.05, 0.1) is 25.8 Å². The fraction of sp³-hybridized carbons (Fsp3) is 0.615. The predicted octanol–water partition coefficient (Wildman–Crippen LogP) is 4.15. The molecule has 17 amide bonds. The molecule has 0 bridgehead atoms. The van der Waals surface area contributed by atoms with E-state index in [1.54, 1.807) is 192 Å². The average molecular weight is 2120 g/mol. The number of thioether (sulfide) groups is 1. The molecule has 23 N–H and O–H groups in total. The van der Waals surface area contributed by atoms with Gasteiger partial charge in [0.2, 0.25) is 100 Å². The molecule has 0 aliphatic rings. The molecule has 4 rings (SSSR count). The molecular formula is C109H170N18O22S. The maximum atomic E-state index is 15.0. The number of nitrogens with one attached hydrogen (secondary N) is 17. The predicted molar refractivity (Wildman–Crippen MR) is 573 cm³/mol. The van der Waals surface area contributed by atoms with Gasteiger partial charge in [-0.2, -0.15) is 11.8 Å². The molecule has 150 heavy (non-hydrogen) atoms. The van der Waals surface area contributed by atoms with Crippen LogP contribution in [-0.2, 0) is 112 Å². The van der Waals surface area contributed by atoms with E-state index in [0.29, 0.717) is 48.1 Å². The molecular weight excluding hydrogens is 1950 g/mol. The highest BCUT2D eigenvalue weighted by molar-refractivity contribution is 7.98. The summed E-state index contributed by atoms with van der Waals surface area (Å²) in [5.74, 6) is -19.3. The third kappa shape index (κ3) is 46.1. The van der Waals surface area contributed by atoms with Crippen LogP contribution in [0.3, 0.4) is 0 Å². The van der Waals surface area contributed by atoms with E-state index in [2.05, 4.69) is 90.4 Å². The lowest BCUT2D eigenvalue weighted by atomic mass is 9.95. The Kier molecular flexibility index (Phi) is 57.8. The van der Waals surface area contributed by atoms with Crippen molar-refractivity contribution in [3.63, 3.8) is 0 Å². The highest BCUT2D eigenvalue weighted by Crippen LogP contribution is 2.22. The first-order valence-electron chi connectivity index (χ1n) is 52.5. The summed E-state index contributed by atoms with van der Waals surface area (Å²) in [5, 5.41) is 87.6. The summed E-state index contributed by atoms with van der Waals surface area (Å²) < 4.78 is 0. The van der Waals surface area contributed by atoms with Gasteiger partial charge in [-0.1, -0.05) is 267 Å². The largest absolute Gasteiger partial charge is 0.508 e. The summed E-state index contributed by atoms with van der Waals surface area (Å²) in [6.07, 6.45) is 2.91. The van der Waals surface area contributed by atoms with Crippen molar-refractivity contribution in [2.24, 2.45) is 64.9 Å². The molecule has 0 saturated heterocycles. The Morgan fingerprint density at radius 3 is 0.820 bits per heavy atom. The van der Waals surface area contributed by atoms with Crippen LogP contribution in [0.25, 0.3) is 0 Å². The number of phenols is 1. The fourth-order valence-corrected chi connectivity index (χ4v) is 17.0. The van der Waals surface area contributed by atoms with E-state index < -0.39 is 253 Å². The van der Waals surface area contributed by atoms with E-state index >= 15 is 9.59 Å². The van der Waals surface area contributed by atoms with Crippen molar-refractivity contribution in [3.05, 3.63) is 138 Å². The number of nitrogens with two attached hydrogens (primary N) is 1. The summed E-state index contributed by atoms with van der Waals surface area (Å²) in [6, 6.07) is 8.15. The zero-order valence-corrected chi connectivity index (χ0v) is 91.9. The SMILES string of the molecule is CC[C@H](C)[C@H](NC(=O)[C@H](Cc1ccccc1)NC(=O)[C@H](CO)NC(=O)[C@H](Cc1ccc(O)cc1)NC(=O)[C@H](CC(C)C)NC(=O)[C@@H](NC(=O)[C@H](CC(C)C)NC(=O)[C@H](CCSC)NC(=O)[C@H](CC(C)C)NC(=O)[C@@H](NC(=O)[C@H](CC(C)C)NC(=O)[C@H](CC(C)C)NC(=O)[C@H](Cc1ccccc1)NC(=O)[C@H](CO)NC(=O)[C@@H](NC(=O)CNC(=O)[C@H](CC(C)C)NC(=O)[C@@H](N)Cc1ccccc1)[C@@H](C)CC)[C@@H](C)CC)[C@@H](C)CC)C(=O)O. The first kappa shape index (κ1) is 130. The van der Waals surface area contributed by atoms with Gasteiger partial charge < -0.3 is 117 Å². The maximum Gasteiger partial charge on any atom is 0.326 e. The minimum Gasteiger partial charge on any atom is -0.508 e.